The third kappa shape index (κ3) is 4.33. The van der Waals surface area contributed by atoms with Crippen molar-refractivity contribution >= 4 is 33.4 Å². The summed E-state index contributed by atoms with van der Waals surface area (Å²) < 4.78 is 0.787. The van der Waals surface area contributed by atoms with Gasteiger partial charge in [0, 0.05) is 28.4 Å². The van der Waals surface area contributed by atoms with Crippen LogP contribution in [0.25, 0.3) is 0 Å². The summed E-state index contributed by atoms with van der Waals surface area (Å²) in [4.78, 5) is 15.8. The molecular weight excluding hydrogens is 328 g/mol. The standard InChI is InChI=1S/C14H12BrClN2O/c15-12-7-11(8-17-9-12)14(19)18-5-4-10-2-1-3-13(16)6-10/h1-3,6-9H,4-5H2,(H,18,19). The summed E-state index contributed by atoms with van der Waals surface area (Å²) in [7, 11) is 0. The molecule has 0 bridgehead atoms. The van der Waals surface area contributed by atoms with Gasteiger partial charge in [-0.05, 0) is 46.1 Å². The minimum absolute atomic E-state index is 0.129. The average molecular weight is 340 g/mol. The topological polar surface area (TPSA) is 42.0 Å². The second kappa shape index (κ2) is 6.68. The molecule has 1 aromatic carbocycles. The van der Waals surface area contributed by atoms with E-state index in [0.29, 0.717) is 17.1 Å². The van der Waals surface area contributed by atoms with Gasteiger partial charge in [0.2, 0.25) is 0 Å². The number of carbonyl (C=O) groups is 1. The van der Waals surface area contributed by atoms with Crippen molar-refractivity contribution in [1.29, 1.82) is 0 Å². The van der Waals surface area contributed by atoms with Crippen LogP contribution in [-0.2, 0) is 6.42 Å². The minimum Gasteiger partial charge on any atom is -0.352 e. The lowest BCUT2D eigenvalue weighted by molar-refractivity contribution is 0.0953. The van der Waals surface area contributed by atoms with Crippen LogP contribution in [0, 0.1) is 0 Å². The fourth-order valence-corrected chi connectivity index (χ4v) is 2.23. The molecule has 0 saturated heterocycles. The molecule has 1 N–H and O–H groups in total. The molecule has 1 heterocycles. The van der Waals surface area contributed by atoms with E-state index in [1.807, 2.05) is 24.3 Å². The molecule has 2 aromatic rings. The maximum atomic E-state index is 11.9. The molecule has 98 valence electrons. The normalized spacial score (nSPS) is 10.2. The lowest BCUT2D eigenvalue weighted by Crippen LogP contribution is -2.25. The molecule has 0 radical (unpaired) electrons. The highest BCUT2D eigenvalue weighted by Gasteiger charge is 2.05. The highest BCUT2D eigenvalue weighted by Crippen LogP contribution is 2.11. The molecule has 0 aliphatic carbocycles. The number of hydrogen-bond acceptors (Lipinski definition) is 2. The molecule has 3 nitrogen and oxygen atoms in total. The molecule has 19 heavy (non-hydrogen) atoms. The van der Waals surface area contributed by atoms with Crippen molar-refractivity contribution in [3.05, 3.63) is 63.3 Å². The van der Waals surface area contributed by atoms with E-state index >= 15 is 0 Å². The maximum absolute atomic E-state index is 11.9. The van der Waals surface area contributed by atoms with Gasteiger partial charge >= 0.3 is 0 Å². The van der Waals surface area contributed by atoms with Gasteiger partial charge in [0.15, 0.2) is 0 Å². The monoisotopic (exact) mass is 338 g/mol. The van der Waals surface area contributed by atoms with Crippen LogP contribution in [0.5, 0.6) is 0 Å². The fraction of sp³-hybridized carbons (Fsp3) is 0.143. The Morgan fingerprint density at radius 2 is 2.16 bits per heavy atom. The Morgan fingerprint density at radius 3 is 2.89 bits per heavy atom. The molecule has 0 unspecified atom stereocenters. The van der Waals surface area contributed by atoms with Crippen molar-refractivity contribution < 1.29 is 4.79 Å². The number of halogens is 2. The van der Waals surface area contributed by atoms with E-state index in [-0.39, 0.29) is 5.91 Å². The van der Waals surface area contributed by atoms with Crippen LogP contribution in [-0.4, -0.2) is 17.4 Å². The lowest BCUT2D eigenvalue weighted by atomic mass is 10.1. The van der Waals surface area contributed by atoms with E-state index in [2.05, 4.69) is 26.2 Å². The Bertz CT molecular complexity index is 589. The molecule has 0 fully saturated rings. The quantitative estimate of drug-likeness (QED) is 0.927. The summed E-state index contributed by atoms with van der Waals surface area (Å²) in [6.07, 6.45) is 3.93. The molecule has 0 aliphatic heterocycles. The Hall–Kier alpha value is -1.39. The predicted molar refractivity (Wildman–Crippen MR) is 79.4 cm³/mol. The van der Waals surface area contributed by atoms with Crippen LogP contribution >= 0.6 is 27.5 Å². The Kier molecular flexibility index (Phi) is 4.93. The van der Waals surface area contributed by atoms with Crippen molar-refractivity contribution in [1.82, 2.24) is 10.3 Å². The van der Waals surface area contributed by atoms with Crippen molar-refractivity contribution in [2.75, 3.05) is 6.54 Å². The van der Waals surface area contributed by atoms with Gasteiger partial charge in [0.1, 0.15) is 0 Å². The van der Waals surface area contributed by atoms with Crippen LogP contribution in [0.2, 0.25) is 5.02 Å². The number of hydrogen-bond donors (Lipinski definition) is 1. The van der Waals surface area contributed by atoms with Gasteiger partial charge in [-0.1, -0.05) is 23.7 Å². The minimum atomic E-state index is -0.129. The average Bonchev–Trinajstić information content (AvgIpc) is 2.38. The first kappa shape index (κ1) is 14.0. The molecule has 0 aliphatic rings. The SMILES string of the molecule is O=C(NCCc1cccc(Cl)c1)c1cncc(Br)c1. The van der Waals surface area contributed by atoms with Gasteiger partial charge in [-0.15, -0.1) is 0 Å². The highest BCUT2D eigenvalue weighted by molar-refractivity contribution is 9.10. The molecule has 1 aromatic heterocycles. The van der Waals surface area contributed by atoms with Crippen LogP contribution in [0.4, 0.5) is 0 Å². The first-order valence-electron chi connectivity index (χ1n) is 5.78. The second-order valence-electron chi connectivity index (χ2n) is 4.03. The molecule has 0 spiro atoms. The number of nitrogens with zero attached hydrogens (tertiary/aromatic N) is 1. The van der Waals surface area contributed by atoms with Gasteiger partial charge in [-0.3, -0.25) is 9.78 Å². The van der Waals surface area contributed by atoms with E-state index in [4.69, 9.17) is 11.6 Å². The summed E-state index contributed by atoms with van der Waals surface area (Å²) in [5.41, 5.74) is 1.64. The Morgan fingerprint density at radius 1 is 1.32 bits per heavy atom. The number of nitrogens with one attached hydrogen (secondary N) is 1. The van der Waals surface area contributed by atoms with E-state index in [0.717, 1.165) is 16.5 Å². The van der Waals surface area contributed by atoms with E-state index < -0.39 is 0 Å². The van der Waals surface area contributed by atoms with Crippen LogP contribution in [0.3, 0.4) is 0 Å². The van der Waals surface area contributed by atoms with Gasteiger partial charge in [-0.25, -0.2) is 0 Å². The zero-order valence-corrected chi connectivity index (χ0v) is 12.4. The molecular formula is C14H12BrClN2O. The van der Waals surface area contributed by atoms with Crippen molar-refractivity contribution in [3.63, 3.8) is 0 Å². The maximum Gasteiger partial charge on any atom is 0.252 e. The predicted octanol–water partition coefficient (Wildman–Crippen LogP) is 3.47. The Balaban J connectivity index is 1.87. The zero-order valence-electron chi connectivity index (χ0n) is 10.1. The van der Waals surface area contributed by atoms with Crippen molar-refractivity contribution in [3.8, 4) is 0 Å². The number of pyridine rings is 1. The number of carbonyl (C=O) groups excluding carboxylic acids is 1. The molecule has 1 amide bonds. The highest BCUT2D eigenvalue weighted by atomic mass is 79.9. The first-order valence-corrected chi connectivity index (χ1v) is 6.95. The summed E-state index contributed by atoms with van der Waals surface area (Å²) in [5.74, 6) is -0.129. The number of rotatable bonds is 4. The third-order valence-corrected chi connectivity index (χ3v) is 3.22. The van der Waals surface area contributed by atoms with Gasteiger partial charge in [0.25, 0.3) is 5.91 Å². The van der Waals surface area contributed by atoms with Crippen LogP contribution < -0.4 is 5.32 Å². The summed E-state index contributed by atoms with van der Waals surface area (Å²) in [5, 5.41) is 3.56. The van der Waals surface area contributed by atoms with Gasteiger partial charge in [0.05, 0.1) is 5.56 Å². The molecule has 2 rings (SSSR count). The molecule has 5 heteroatoms. The number of amides is 1. The van der Waals surface area contributed by atoms with E-state index in [1.54, 1.807) is 18.5 Å². The number of benzene rings is 1. The summed E-state index contributed by atoms with van der Waals surface area (Å²) in [6, 6.07) is 9.35. The smallest absolute Gasteiger partial charge is 0.252 e. The summed E-state index contributed by atoms with van der Waals surface area (Å²) in [6.45, 7) is 0.561. The zero-order chi connectivity index (χ0) is 13.7. The third-order valence-electron chi connectivity index (χ3n) is 2.56. The number of aromatic nitrogens is 1. The summed E-state index contributed by atoms with van der Waals surface area (Å²) >= 11 is 9.18. The van der Waals surface area contributed by atoms with Crippen LogP contribution in [0.1, 0.15) is 15.9 Å². The second-order valence-corrected chi connectivity index (χ2v) is 5.38. The van der Waals surface area contributed by atoms with E-state index in [9.17, 15) is 4.79 Å². The van der Waals surface area contributed by atoms with Gasteiger partial charge in [-0.2, -0.15) is 0 Å². The molecule has 0 saturated carbocycles. The first-order chi connectivity index (χ1) is 9.15. The van der Waals surface area contributed by atoms with E-state index in [1.165, 1.54) is 0 Å². The van der Waals surface area contributed by atoms with Crippen LogP contribution in [0.15, 0.2) is 47.2 Å². The fourth-order valence-electron chi connectivity index (χ4n) is 1.65. The van der Waals surface area contributed by atoms with Crippen molar-refractivity contribution in [2.24, 2.45) is 0 Å². The Labute approximate surface area is 125 Å². The lowest BCUT2D eigenvalue weighted by Gasteiger charge is -2.05. The molecule has 0 atom stereocenters. The van der Waals surface area contributed by atoms with Gasteiger partial charge < -0.3 is 5.32 Å². The largest absolute Gasteiger partial charge is 0.352 e. The van der Waals surface area contributed by atoms with Crippen molar-refractivity contribution in [2.45, 2.75) is 6.42 Å².